The van der Waals surface area contributed by atoms with Crippen molar-refractivity contribution in [1.82, 2.24) is 10.6 Å². The fourth-order valence-corrected chi connectivity index (χ4v) is 2.78. The highest BCUT2D eigenvalue weighted by Crippen LogP contribution is 2.20. The molecule has 6 heteroatoms. The SMILES string of the molecule is O=C(O)c1ccc(N2CCC(NC3=NCCN3)CC2)cc1. The molecule has 2 heterocycles. The second-order valence-corrected chi connectivity index (χ2v) is 5.41. The first-order valence-electron chi connectivity index (χ1n) is 7.35. The summed E-state index contributed by atoms with van der Waals surface area (Å²) in [6, 6.07) is 7.57. The summed E-state index contributed by atoms with van der Waals surface area (Å²) in [7, 11) is 0. The zero-order chi connectivity index (χ0) is 14.7. The van der Waals surface area contributed by atoms with E-state index in [0.29, 0.717) is 11.6 Å². The van der Waals surface area contributed by atoms with Crippen LogP contribution in [0.1, 0.15) is 23.2 Å². The molecule has 0 spiro atoms. The predicted molar refractivity (Wildman–Crippen MR) is 82.1 cm³/mol. The van der Waals surface area contributed by atoms with Gasteiger partial charge in [0.2, 0.25) is 0 Å². The molecule has 1 aromatic carbocycles. The third-order valence-electron chi connectivity index (χ3n) is 3.99. The van der Waals surface area contributed by atoms with E-state index in [0.717, 1.165) is 50.7 Å². The second-order valence-electron chi connectivity index (χ2n) is 5.41. The lowest BCUT2D eigenvalue weighted by Crippen LogP contribution is -2.47. The molecule has 3 rings (SSSR count). The average Bonchev–Trinajstić information content (AvgIpc) is 3.01. The monoisotopic (exact) mass is 288 g/mol. The minimum atomic E-state index is -0.880. The molecule has 112 valence electrons. The number of anilines is 1. The number of guanidine groups is 1. The van der Waals surface area contributed by atoms with Gasteiger partial charge in [-0.25, -0.2) is 4.79 Å². The Morgan fingerprint density at radius 3 is 2.57 bits per heavy atom. The lowest BCUT2D eigenvalue weighted by Gasteiger charge is -2.34. The van der Waals surface area contributed by atoms with Crippen LogP contribution in [0.4, 0.5) is 5.69 Å². The number of piperidine rings is 1. The Kier molecular flexibility index (Phi) is 3.94. The largest absolute Gasteiger partial charge is 0.478 e. The number of nitrogens with zero attached hydrogens (tertiary/aromatic N) is 2. The highest BCUT2D eigenvalue weighted by Gasteiger charge is 2.21. The number of hydrogen-bond acceptors (Lipinski definition) is 5. The fraction of sp³-hybridized carbons (Fsp3) is 0.467. The molecule has 1 saturated heterocycles. The number of carboxylic acids is 1. The van der Waals surface area contributed by atoms with Crippen molar-refractivity contribution in [1.29, 1.82) is 0 Å². The second kappa shape index (κ2) is 6.03. The molecule has 1 fully saturated rings. The molecule has 0 bridgehead atoms. The van der Waals surface area contributed by atoms with Gasteiger partial charge in [-0.05, 0) is 37.1 Å². The highest BCUT2D eigenvalue weighted by atomic mass is 16.4. The zero-order valence-corrected chi connectivity index (χ0v) is 11.9. The molecular weight excluding hydrogens is 268 g/mol. The average molecular weight is 288 g/mol. The standard InChI is InChI=1S/C15H20N4O2/c20-14(21)11-1-3-13(4-2-11)19-9-5-12(6-10-19)18-15-16-7-8-17-15/h1-4,12H,5-10H2,(H,20,21)(H2,16,17,18). The Hall–Kier alpha value is -2.24. The van der Waals surface area contributed by atoms with Crippen LogP contribution >= 0.6 is 0 Å². The van der Waals surface area contributed by atoms with Crippen LogP contribution in [0.2, 0.25) is 0 Å². The van der Waals surface area contributed by atoms with Crippen LogP contribution in [-0.4, -0.2) is 49.3 Å². The zero-order valence-electron chi connectivity index (χ0n) is 11.9. The van der Waals surface area contributed by atoms with Gasteiger partial charge < -0.3 is 20.6 Å². The van der Waals surface area contributed by atoms with Crippen LogP contribution in [0, 0.1) is 0 Å². The van der Waals surface area contributed by atoms with Crippen molar-refractivity contribution < 1.29 is 9.90 Å². The Morgan fingerprint density at radius 1 is 1.29 bits per heavy atom. The van der Waals surface area contributed by atoms with E-state index in [1.54, 1.807) is 12.1 Å². The molecule has 0 aliphatic carbocycles. The van der Waals surface area contributed by atoms with E-state index >= 15 is 0 Å². The van der Waals surface area contributed by atoms with Gasteiger partial charge in [0, 0.05) is 31.4 Å². The number of carbonyl (C=O) groups is 1. The molecule has 2 aliphatic heterocycles. The van der Waals surface area contributed by atoms with Crippen LogP contribution in [0.15, 0.2) is 29.3 Å². The number of benzene rings is 1. The summed E-state index contributed by atoms with van der Waals surface area (Å²) < 4.78 is 0. The van der Waals surface area contributed by atoms with E-state index in [1.807, 2.05) is 12.1 Å². The topological polar surface area (TPSA) is 77.0 Å². The van der Waals surface area contributed by atoms with Crippen molar-refractivity contribution in [2.24, 2.45) is 4.99 Å². The van der Waals surface area contributed by atoms with Gasteiger partial charge >= 0.3 is 5.97 Å². The molecular formula is C15H20N4O2. The van der Waals surface area contributed by atoms with Crippen LogP contribution in [0.5, 0.6) is 0 Å². The van der Waals surface area contributed by atoms with E-state index < -0.39 is 5.97 Å². The summed E-state index contributed by atoms with van der Waals surface area (Å²) in [4.78, 5) is 17.5. The van der Waals surface area contributed by atoms with Crippen LogP contribution in [-0.2, 0) is 0 Å². The Bertz CT molecular complexity index is 533. The molecule has 0 saturated carbocycles. The fourth-order valence-electron chi connectivity index (χ4n) is 2.78. The maximum atomic E-state index is 10.9. The van der Waals surface area contributed by atoms with E-state index in [9.17, 15) is 4.79 Å². The van der Waals surface area contributed by atoms with Crippen LogP contribution in [0.3, 0.4) is 0 Å². The molecule has 1 aromatic rings. The lowest BCUT2D eigenvalue weighted by atomic mass is 10.0. The molecule has 0 aromatic heterocycles. The smallest absolute Gasteiger partial charge is 0.335 e. The molecule has 0 amide bonds. The number of nitrogens with one attached hydrogen (secondary N) is 2. The van der Waals surface area contributed by atoms with Crippen molar-refractivity contribution in [2.75, 3.05) is 31.1 Å². The third-order valence-corrected chi connectivity index (χ3v) is 3.99. The summed E-state index contributed by atoms with van der Waals surface area (Å²) in [5, 5.41) is 15.6. The molecule has 2 aliphatic rings. The normalized spacial score (nSPS) is 19.0. The molecule has 0 radical (unpaired) electrons. The van der Waals surface area contributed by atoms with Gasteiger partial charge in [-0.1, -0.05) is 0 Å². The highest BCUT2D eigenvalue weighted by molar-refractivity contribution is 5.88. The van der Waals surface area contributed by atoms with Crippen molar-refractivity contribution in [3.63, 3.8) is 0 Å². The molecule has 0 unspecified atom stereocenters. The van der Waals surface area contributed by atoms with Gasteiger partial charge in [-0.15, -0.1) is 0 Å². The number of hydrogen-bond donors (Lipinski definition) is 3. The van der Waals surface area contributed by atoms with Crippen molar-refractivity contribution in [3.8, 4) is 0 Å². The molecule has 6 nitrogen and oxygen atoms in total. The lowest BCUT2D eigenvalue weighted by molar-refractivity contribution is 0.0697. The first kappa shape index (κ1) is 13.7. The molecule has 3 N–H and O–H groups in total. The summed E-state index contributed by atoms with van der Waals surface area (Å²) in [6.07, 6.45) is 2.11. The van der Waals surface area contributed by atoms with Gasteiger partial charge in [-0.2, -0.15) is 0 Å². The first-order chi connectivity index (χ1) is 10.2. The van der Waals surface area contributed by atoms with E-state index in [4.69, 9.17) is 5.11 Å². The van der Waals surface area contributed by atoms with Gasteiger partial charge in [-0.3, -0.25) is 4.99 Å². The Morgan fingerprint density at radius 2 is 2.00 bits per heavy atom. The first-order valence-corrected chi connectivity index (χ1v) is 7.35. The van der Waals surface area contributed by atoms with E-state index in [-0.39, 0.29) is 0 Å². The van der Waals surface area contributed by atoms with Gasteiger partial charge in [0.1, 0.15) is 0 Å². The summed E-state index contributed by atoms with van der Waals surface area (Å²) in [6.45, 7) is 3.73. The number of carboxylic acid groups (broad SMARTS) is 1. The summed E-state index contributed by atoms with van der Waals surface area (Å²) >= 11 is 0. The van der Waals surface area contributed by atoms with E-state index in [1.165, 1.54) is 0 Å². The van der Waals surface area contributed by atoms with Crippen LogP contribution in [0.25, 0.3) is 0 Å². The number of aliphatic imine (C=N–C) groups is 1. The summed E-state index contributed by atoms with van der Waals surface area (Å²) in [5.74, 6) is 0.0496. The van der Waals surface area contributed by atoms with Crippen molar-refractivity contribution in [2.45, 2.75) is 18.9 Å². The number of rotatable bonds is 3. The molecule has 21 heavy (non-hydrogen) atoms. The Labute approximate surface area is 123 Å². The minimum Gasteiger partial charge on any atom is -0.478 e. The maximum absolute atomic E-state index is 10.9. The summed E-state index contributed by atoms with van der Waals surface area (Å²) in [5.41, 5.74) is 1.43. The minimum absolute atomic E-state index is 0.334. The van der Waals surface area contributed by atoms with Crippen LogP contribution < -0.4 is 15.5 Å². The third kappa shape index (κ3) is 3.26. The quantitative estimate of drug-likeness (QED) is 0.770. The van der Waals surface area contributed by atoms with Crippen molar-refractivity contribution >= 4 is 17.6 Å². The van der Waals surface area contributed by atoms with Gasteiger partial charge in [0.15, 0.2) is 5.96 Å². The maximum Gasteiger partial charge on any atom is 0.335 e. The van der Waals surface area contributed by atoms with Gasteiger partial charge in [0.05, 0.1) is 12.1 Å². The van der Waals surface area contributed by atoms with Gasteiger partial charge in [0.25, 0.3) is 0 Å². The van der Waals surface area contributed by atoms with E-state index in [2.05, 4.69) is 20.5 Å². The Balaban J connectivity index is 1.54. The molecule has 0 atom stereocenters. The van der Waals surface area contributed by atoms with Crippen molar-refractivity contribution in [3.05, 3.63) is 29.8 Å². The predicted octanol–water partition coefficient (Wildman–Crippen LogP) is 0.902. The number of aromatic carboxylic acids is 1.